The molecule has 1 saturated carbocycles. The highest BCUT2D eigenvalue weighted by Crippen LogP contribution is 2.24. The van der Waals surface area contributed by atoms with Crippen molar-refractivity contribution in [3.05, 3.63) is 0 Å². The maximum atomic E-state index is 3.68. The Morgan fingerprint density at radius 1 is 1.36 bits per heavy atom. The van der Waals surface area contributed by atoms with Crippen molar-refractivity contribution in [3.8, 4) is 0 Å². The topological polar surface area (TPSA) is 15.3 Å². The molecule has 0 aromatic rings. The molecular formula is C12H26N2. The van der Waals surface area contributed by atoms with E-state index in [1.165, 1.54) is 25.8 Å². The van der Waals surface area contributed by atoms with Crippen LogP contribution in [-0.2, 0) is 0 Å². The molecule has 1 rings (SSSR count). The molecule has 1 aliphatic rings. The van der Waals surface area contributed by atoms with Crippen molar-refractivity contribution in [2.45, 2.75) is 52.1 Å². The summed E-state index contributed by atoms with van der Waals surface area (Å²) >= 11 is 0. The van der Waals surface area contributed by atoms with E-state index in [0.29, 0.717) is 6.04 Å². The standard InChI is InChI=1S/C12H26N2/c1-10(2)14(4)9-8-13-12-7-5-6-11(12)3/h10-13H,5-9H2,1-4H3. The summed E-state index contributed by atoms with van der Waals surface area (Å²) in [6.45, 7) is 9.18. The fourth-order valence-electron chi connectivity index (χ4n) is 2.13. The van der Waals surface area contributed by atoms with E-state index in [1.807, 2.05) is 0 Å². The van der Waals surface area contributed by atoms with Crippen LogP contribution in [-0.4, -0.2) is 37.1 Å². The van der Waals surface area contributed by atoms with Crippen molar-refractivity contribution >= 4 is 0 Å². The molecule has 0 heterocycles. The molecule has 2 nitrogen and oxygen atoms in total. The van der Waals surface area contributed by atoms with Gasteiger partial charge in [-0.1, -0.05) is 13.3 Å². The normalized spacial score (nSPS) is 27.9. The highest BCUT2D eigenvalue weighted by atomic mass is 15.1. The second-order valence-electron chi connectivity index (χ2n) is 5.04. The van der Waals surface area contributed by atoms with Crippen molar-refractivity contribution in [3.63, 3.8) is 0 Å². The monoisotopic (exact) mass is 198 g/mol. The molecule has 0 aromatic carbocycles. The van der Waals surface area contributed by atoms with Crippen molar-refractivity contribution < 1.29 is 0 Å². The Labute approximate surface area is 89.1 Å². The van der Waals surface area contributed by atoms with Gasteiger partial charge < -0.3 is 10.2 Å². The molecule has 0 bridgehead atoms. The summed E-state index contributed by atoms with van der Waals surface area (Å²) in [7, 11) is 2.20. The molecule has 0 spiro atoms. The van der Waals surface area contributed by atoms with Crippen molar-refractivity contribution in [1.29, 1.82) is 0 Å². The molecular weight excluding hydrogens is 172 g/mol. The quantitative estimate of drug-likeness (QED) is 0.728. The Balaban J connectivity index is 2.09. The second kappa shape index (κ2) is 5.72. The average molecular weight is 198 g/mol. The number of hydrogen-bond donors (Lipinski definition) is 1. The fourth-order valence-corrected chi connectivity index (χ4v) is 2.13. The zero-order valence-electron chi connectivity index (χ0n) is 10.2. The third kappa shape index (κ3) is 3.58. The summed E-state index contributed by atoms with van der Waals surface area (Å²) in [5.41, 5.74) is 0. The van der Waals surface area contributed by atoms with E-state index in [4.69, 9.17) is 0 Å². The minimum atomic E-state index is 0.665. The van der Waals surface area contributed by atoms with Gasteiger partial charge in [-0.3, -0.25) is 0 Å². The summed E-state index contributed by atoms with van der Waals surface area (Å²) in [6, 6.07) is 1.45. The van der Waals surface area contributed by atoms with Crippen molar-refractivity contribution in [2.75, 3.05) is 20.1 Å². The fraction of sp³-hybridized carbons (Fsp3) is 1.00. The molecule has 2 unspecified atom stereocenters. The molecule has 0 radical (unpaired) electrons. The van der Waals surface area contributed by atoms with Gasteiger partial charge in [0, 0.05) is 25.2 Å². The van der Waals surface area contributed by atoms with Crippen LogP contribution in [0.25, 0.3) is 0 Å². The van der Waals surface area contributed by atoms with Gasteiger partial charge in [0.15, 0.2) is 0 Å². The predicted octanol–water partition coefficient (Wildman–Crippen LogP) is 2.10. The first-order valence-electron chi connectivity index (χ1n) is 6.05. The van der Waals surface area contributed by atoms with Gasteiger partial charge in [-0.2, -0.15) is 0 Å². The van der Waals surface area contributed by atoms with Crippen molar-refractivity contribution in [2.24, 2.45) is 5.92 Å². The van der Waals surface area contributed by atoms with E-state index in [-0.39, 0.29) is 0 Å². The number of likely N-dealkylation sites (N-methyl/N-ethyl adjacent to an activating group) is 1. The number of nitrogens with zero attached hydrogens (tertiary/aromatic N) is 1. The Kier molecular flexibility index (Phi) is 4.90. The summed E-state index contributed by atoms with van der Waals surface area (Å²) in [6.07, 6.45) is 4.21. The van der Waals surface area contributed by atoms with Crippen LogP contribution in [0.5, 0.6) is 0 Å². The van der Waals surface area contributed by atoms with Crippen LogP contribution in [0.2, 0.25) is 0 Å². The van der Waals surface area contributed by atoms with Gasteiger partial charge in [-0.15, -0.1) is 0 Å². The molecule has 0 aliphatic heterocycles. The lowest BCUT2D eigenvalue weighted by atomic mass is 10.1. The Bertz CT molecular complexity index is 156. The lowest BCUT2D eigenvalue weighted by Crippen LogP contribution is -2.39. The lowest BCUT2D eigenvalue weighted by Gasteiger charge is -2.23. The molecule has 0 saturated heterocycles. The minimum absolute atomic E-state index is 0.665. The van der Waals surface area contributed by atoms with Crippen LogP contribution >= 0.6 is 0 Å². The summed E-state index contributed by atoms with van der Waals surface area (Å²) in [5, 5.41) is 3.68. The number of hydrogen-bond acceptors (Lipinski definition) is 2. The Morgan fingerprint density at radius 3 is 2.57 bits per heavy atom. The van der Waals surface area contributed by atoms with Gasteiger partial charge in [0.2, 0.25) is 0 Å². The molecule has 1 N–H and O–H groups in total. The van der Waals surface area contributed by atoms with E-state index >= 15 is 0 Å². The molecule has 1 fully saturated rings. The SMILES string of the molecule is CC1CCCC1NCCN(C)C(C)C. The van der Waals surface area contributed by atoms with E-state index < -0.39 is 0 Å². The molecule has 0 amide bonds. The predicted molar refractivity (Wildman–Crippen MR) is 62.6 cm³/mol. The summed E-state index contributed by atoms with van der Waals surface area (Å²) in [4.78, 5) is 2.40. The van der Waals surface area contributed by atoms with E-state index in [0.717, 1.165) is 18.5 Å². The molecule has 2 atom stereocenters. The number of rotatable bonds is 5. The lowest BCUT2D eigenvalue weighted by molar-refractivity contribution is 0.264. The highest BCUT2D eigenvalue weighted by molar-refractivity contribution is 4.80. The van der Waals surface area contributed by atoms with Gasteiger partial charge in [0.1, 0.15) is 0 Å². The zero-order valence-corrected chi connectivity index (χ0v) is 10.2. The summed E-state index contributed by atoms with van der Waals surface area (Å²) < 4.78 is 0. The van der Waals surface area contributed by atoms with Crippen LogP contribution in [0.15, 0.2) is 0 Å². The number of nitrogens with one attached hydrogen (secondary N) is 1. The largest absolute Gasteiger partial charge is 0.312 e. The second-order valence-corrected chi connectivity index (χ2v) is 5.04. The highest BCUT2D eigenvalue weighted by Gasteiger charge is 2.22. The van der Waals surface area contributed by atoms with Gasteiger partial charge in [-0.25, -0.2) is 0 Å². The maximum absolute atomic E-state index is 3.68. The van der Waals surface area contributed by atoms with Crippen molar-refractivity contribution in [1.82, 2.24) is 10.2 Å². The van der Waals surface area contributed by atoms with Crippen LogP contribution in [0.3, 0.4) is 0 Å². The van der Waals surface area contributed by atoms with Gasteiger partial charge in [0.05, 0.1) is 0 Å². The van der Waals surface area contributed by atoms with E-state index in [1.54, 1.807) is 0 Å². The minimum Gasteiger partial charge on any atom is -0.312 e. The van der Waals surface area contributed by atoms with Gasteiger partial charge in [-0.05, 0) is 39.7 Å². The molecule has 2 heteroatoms. The van der Waals surface area contributed by atoms with Crippen LogP contribution in [0.4, 0.5) is 0 Å². The molecule has 0 aromatic heterocycles. The maximum Gasteiger partial charge on any atom is 0.0107 e. The molecule has 1 aliphatic carbocycles. The molecule has 84 valence electrons. The van der Waals surface area contributed by atoms with Crippen LogP contribution in [0, 0.1) is 5.92 Å². The third-order valence-electron chi connectivity index (χ3n) is 3.61. The third-order valence-corrected chi connectivity index (χ3v) is 3.61. The van der Waals surface area contributed by atoms with Crippen LogP contribution < -0.4 is 5.32 Å². The summed E-state index contributed by atoms with van der Waals surface area (Å²) in [5.74, 6) is 0.888. The van der Waals surface area contributed by atoms with E-state index in [2.05, 4.69) is 38.0 Å². The Morgan fingerprint density at radius 2 is 2.07 bits per heavy atom. The first-order valence-corrected chi connectivity index (χ1v) is 6.05. The van der Waals surface area contributed by atoms with E-state index in [9.17, 15) is 0 Å². The van der Waals surface area contributed by atoms with Gasteiger partial charge in [0.25, 0.3) is 0 Å². The first-order chi connectivity index (χ1) is 6.61. The average Bonchev–Trinajstić information content (AvgIpc) is 2.51. The zero-order chi connectivity index (χ0) is 10.6. The molecule has 14 heavy (non-hydrogen) atoms. The first kappa shape index (κ1) is 12.0. The Hall–Kier alpha value is -0.0800. The van der Waals surface area contributed by atoms with Gasteiger partial charge >= 0.3 is 0 Å². The van der Waals surface area contributed by atoms with Crippen LogP contribution in [0.1, 0.15) is 40.0 Å². The smallest absolute Gasteiger partial charge is 0.0107 e.